The van der Waals surface area contributed by atoms with Crippen LogP contribution < -0.4 is 9.44 Å². The van der Waals surface area contributed by atoms with Crippen LogP contribution in [0.3, 0.4) is 0 Å². The molecule has 0 saturated heterocycles. The quantitative estimate of drug-likeness (QED) is 0.764. The standard InChI is InChI=1S/C9H9ClN2O6S/c1-18-9(15)12-19(16,17)11-7-3-2-5(10)4-6(7)8(13)14/h2-4,11H,1H3,(H,12,15)(H,13,14). The Morgan fingerprint density at radius 1 is 1.37 bits per heavy atom. The van der Waals surface area contributed by atoms with Gasteiger partial charge in [-0.05, 0) is 18.2 Å². The second kappa shape index (κ2) is 5.76. The molecule has 19 heavy (non-hydrogen) atoms. The molecule has 0 atom stereocenters. The molecule has 0 radical (unpaired) electrons. The number of halogens is 1. The molecule has 0 heterocycles. The summed E-state index contributed by atoms with van der Waals surface area (Å²) in [5.41, 5.74) is -0.601. The van der Waals surface area contributed by atoms with Gasteiger partial charge in [-0.1, -0.05) is 11.6 Å². The SMILES string of the molecule is COC(=O)NS(=O)(=O)Nc1ccc(Cl)cc1C(=O)O. The van der Waals surface area contributed by atoms with Crippen molar-refractivity contribution < 1.29 is 27.9 Å². The number of methoxy groups -OCH3 is 1. The molecule has 0 bridgehead atoms. The van der Waals surface area contributed by atoms with Crippen LogP contribution in [0.15, 0.2) is 18.2 Å². The average molecular weight is 309 g/mol. The largest absolute Gasteiger partial charge is 0.478 e. The molecule has 1 rings (SSSR count). The van der Waals surface area contributed by atoms with E-state index < -0.39 is 22.3 Å². The molecule has 3 N–H and O–H groups in total. The van der Waals surface area contributed by atoms with Crippen LogP contribution >= 0.6 is 11.6 Å². The number of hydrogen-bond donors (Lipinski definition) is 3. The van der Waals surface area contributed by atoms with Gasteiger partial charge in [0.05, 0.1) is 18.4 Å². The predicted molar refractivity (Wildman–Crippen MR) is 66.5 cm³/mol. The summed E-state index contributed by atoms with van der Waals surface area (Å²) in [6.07, 6.45) is -1.21. The number of aromatic carboxylic acids is 1. The summed E-state index contributed by atoms with van der Waals surface area (Å²) in [5.74, 6) is -1.38. The van der Waals surface area contributed by atoms with Gasteiger partial charge in [0.15, 0.2) is 0 Å². The van der Waals surface area contributed by atoms with Gasteiger partial charge in [-0.25, -0.2) is 14.3 Å². The van der Waals surface area contributed by atoms with E-state index in [1.165, 1.54) is 10.8 Å². The summed E-state index contributed by atoms with van der Waals surface area (Å²) in [7, 11) is -3.31. The minimum atomic E-state index is -4.30. The molecule has 104 valence electrons. The van der Waals surface area contributed by atoms with Crippen molar-refractivity contribution in [2.75, 3.05) is 11.8 Å². The van der Waals surface area contributed by atoms with Crippen molar-refractivity contribution in [3.8, 4) is 0 Å². The zero-order valence-electron chi connectivity index (χ0n) is 9.51. The highest BCUT2D eigenvalue weighted by atomic mass is 35.5. The smallest absolute Gasteiger partial charge is 0.422 e. The van der Waals surface area contributed by atoms with Gasteiger partial charge in [0.25, 0.3) is 0 Å². The molecule has 0 saturated carbocycles. The second-order valence-electron chi connectivity index (χ2n) is 3.19. The zero-order chi connectivity index (χ0) is 14.6. The van der Waals surface area contributed by atoms with Gasteiger partial charge in [-0.15, -0.1) is 0 Å². The first-order valence-corrected chi connectivity index (χ1v) is 6.52. The third-order valence-electron chi connectivity index (χ3n) is 1.86. The van der Waals surface area contributed by atoms with Gasteiger partial charge in [0.2, 0.25) is 0 Å². The molecule has 1 aromatic rings. The van der Waals surface area contributed by atoms with Gasteiger partial charge in [-0.3, -0.25) is 4.72 Å². The van der Waals surface area contributed by atoms with Crippen LogP contribution in [0.25, 0.3) is 0 Å². The Bertz CT molecular complexity index is 615. The molecule has 8 nitrogen and oxygen atoms in total. The highest BCUT2D eigenvalue weighted by Gasteiger charge is 2.18. The van der Waals surface area contributed by atoms with Crippen molar-refractivity contribution in [1.29, 1.82) is 0 Å². The Hall–Kier alpha value is -2.00. The number of nitrogens with one attached hydrogen (secondary N) is 2. The average Bonchev–Trinajstić information content (AvgIpc) is 2.30. The maximum Gasteiger partial charge on any atom is 0.422 e. The normalized spacial score (nSPS) is 10.6. The minimum absolute atomic E-state index is 0.126. The Labute approximate surface area is 113 Å². The molecule has 0 fully saturated rings. The maximum atomic E-state index is 11.5. The van der Waals surface area contributed by atoms with Crippen LogP contribution in [-0.4, -0.2) is 32.7 Å². The molecule has 1 amide bonds. The van der Waals surface area contributed by atoms with Crippen molar-refractivity contribution >= 4 is 39.6 Å². The summed E-state index contributed by atoms with van der Waals surface area (Å²) in [6, 6.07) is 3.52. The number of amides is 1. The Balaban J connectivity index is 3.06. The van der Waals surface area contributed by atoms with Gasteiger partial charge in [-0.2, -0.15) is 8.42 Å². The van der Waals surface area contributed by atoms with E-state index >= 15 is 0 Å². The molecule has 0 unspecified atom stereocenters. The first kappa shape index (κ1) is 15.1. The number of carbonyl (C=O) groups excluding carboxylic acids is 1. The second-order valence-corrected chi connectivity index (χ2v) is 5.05. The van der Waals surface area contributed by atoms with E-state index in [-0.39, 0.29) is 16.3 Å². The van der Waals surface area contributed by atoms with Gasteiger partial charge in [0, 0.05) is 5.02 Å². The van der Waals surface area contributed by atoms with Gasteiger partial charge >= 0.3 is 22.3 Å². The van der Waals surface area contributed by atoms with Crippen molar-refractivity contribution in [3.05, 3.63) is 28.8 Å². The van der Waals surface area contributed by atoms with Crippen LogP contribution in [0.2, 0.25) is 5.02 Å². The number of carbonyl (C=O) groups is 2. The molecule has 1 aromatic carbocycles. The van der Waals surface area contributed by atoms with E-state index in [1.54, 1.807) is 0 Å². The third-order valence-corrected chi connectivity index (χ3v) is 3.02. The maximum absolute atomic E-state index is 11.5. The fraction of sp³-hybridized carbons (Fsp3) is 0.111. The Kier molecular flexibility index (Phi) is 4.57. The Morgan fingerprint density at radius 2 is 2.00 bits per heavy atom. The molecule has 0 aliphatic heterocycles. The highest BCUT2D eigenvalue weighted by molar-refractivity contribution is 7.91. The number of rotatable bonds is 4. The predicted octanol–water partition coefficient (Wildman–Crippen LogP) is 1.05. The summed E-state index contributed by atoms with van der Waals surface area (Å²) in [5, 5.41) is 9.04. The number of hydrogen-bond acceptors (Lipinski definition) is 5. The van der Waals surface area contributed by atoms with E-state index in [0.29, 0.717) is 0 Å². The van der Waals surface area contributed by atoms with Crippen LogP contribution in [0.1, 0.15) is 10.4 Å². The molecular formula is C9H9ClN2O6S. The summed E-state index contributed by atoms with van der Waals surface area (Å²) < 4.78 is 30.5. The molecule has 10 heteroatoms. The van der Waals surface area contributed by atoms with Crippen LogP contribution in [0.5, 0.6) is 0 Å². The van der Waals surface area contributed by atoms with Crippen LogP contribution in [-0.2, 0) is 14.9 Å². The zero-order valence-corrected chi connectivity index (χ0v) is 11.1. The highest BCUT2D eigenvalue weighted by Crippen LogP contribution is 2.21. The monoisotopic (exact) mass is 308 g/mol. The lowest BCUT2D eigenvalue weighted by atomic mass is 10.2. The van der Waals surface area contributed by atoms with Gasteiger partial charge in [0.1, 0.15) is 0 Å². The topological polar surface area (TPSA) is 122 Å². The molecular weight excluding hydrogens is 300 g/mol. The number of anilines is 1. The van der Waals surface area contributed by atoms with Crippen LogP contribution in [0.4, 0.5) is 10.5 Å². The van der Waals surface area contributed by atoms with E-state index in [2.05, 4.69) is 4.74 Å². The van der Waals surface area contributed by atoms with E-state index in [0.717, 1.165) is 19.2 Å². The number of ether oxygens (including phenoxy) is 1. The fourth-order valence-electron chi connectivity index (χ4n) is 1.10. The van der Waals surface area contributed by atoms with Gasteiger partial charge < -0.3 is 9.84 Å². The lowest BCUT2D eigenvalue weighted by Gasteiger charge is -2.10. The molecule has 0 aliphatic rings. The molecule has 0 spiro atoms. The van der Waals surface area contributed by atoms with Crippen molar-refractivity contribution in [2.45, 2.75) is 0 Å². The number of benzene rings is 1. The van der Waals surface area contributed by atoms with Crippen molar-refractivity contribution in [1.82, 2.24) is 4.72 Å². The summed E-state index contributed by atoms with van der Waals surface area (Å²) in [6.45, 7) is 0. The van der Waals surface area contributed by atoms with E-state index in [4.69, 9.17) is 16.7 Å². The first-order valence-electron chi connectivity index (χ1n) is 4.66. The Morgan fingerprint density at radius 3 is 2.53 bits per heavy atom. The first-order chi connectivity index (χ1) is 8.75. The number of carboxylic acid groups (broad SMARTS) is 1. The van der Waals surface area contributed by atoms with E-state index in [1.807, 2.05) is 4.72 Å². The van der Waals surface area contributed by atoms with Crippen LogP contribution in [0, 0.1) is 0 Å². The fourth-order valence-corrected chi connectivity index (χ4v) is 2.10. The van der Waals surface area contributed by atoms with E-state index in [9.17, 15) is 18.0 Å². The molecule has 0 aromatic heterocycles. The molecule has 0 aliphatic carbocycles. The lowest BCUT2D eigenvalue weighted by molar-refractivity contribution is 0.0698. The minimum Gasteiger partial charge on any atom is -0.478 e. The number of carboxylic acids is 1. The third kappa shape index (κ3) is 4.30. The van der Waals surface area contributed by atoms with Crippen molar-refractivity contribution in [2.24, 2.45) is 0 Å². The summed E-state index contributed by atoms with van der Waals surface area (Å²) >= 11 is 5.61. The lowest BCUT2D eigenvalue weighted by Crippen LogP contribution is -2.35. The summed E-state index contributed by atoms with van der Waals surface area (Å²) in [4.78, 5) is 21.7. The van der Waals surface area contributed by atoms with Crippen molar-refractivity contribution in [3.63, 3.8) is 0 Å².